The fourth-order valence-electron chi connectivity index (χ4n) is 2.58. The third-order valence-electron chi connectivity index (χ3n) is 3.96. The highest BCUT2D eigenvalue weighted by atomic mass is 19.1. The van der Waals surface area contributed by atoms with Gasteiger partial charge in [-0.25, -0.2) is 13.8 Å². The SMILES string of the molecule is CCc1cc(=O)[nH]c(-c2cccc(NC(=O)C=Cc3c(F)cccc3F)c2)n1. The molecule has 3 rings (SSSR count). The summed E-state index contributed by atoms with van der Waals surface area (Å²) in [6.07, 6.45) is 2.74. The van der Waals surface area contributed by atoms with E-state index in [1.807, 2.05) is 6.92 Å². The van der Waals surface area contributed by atoms with Crippen molar-refractivity contribution in [2.24, 2.45) is 0 Å². The van der Waals surface area contributed by atoms with E-state index in [0.29, 0.717) is 29.2 Å². The fraction of sp³-hybridized carbons (Fsp3) is 0.0952. The number of hydrogen-bond acceptors (Lipinski definition) is 3. The number of anilines is 1. The monoisotopic (exact) mass is 381 g/mol. The summed E-state index contributed by atoms with van der Waals surface area (Å²) in [4.78, 5) is 30.9. The van der Waals surface area contributed by atoms with Crippen molar-refractivity contribution in [3.05, 3.63) is 87.9 Å². The van der Waals surface area contributed by atoms with Gasteiger partial charge < -0.3 is 10.3 Å². The molecule has 0 aliphatic rings. The number of carbonyl (C=O) groups is 1. The van der Waals surface area contributed by atoms with Gasteiger partial charge in [0.05, 0.1) is 0 Å². The van der Waals surface area contributed by atoms with Gasteiger partial charge in [-0.05, 0) is 36.8 Å². The number of carbonyl (C=O) groups excluding carboxylic acids is 1. The number of aromatic amines is 1. The minimum Gasteiger partial charge on any atom is -0.322 e. The molecule has 2 N–H and O–H groups in total. The van der Waals surface area contributed by atoms with Gasteiger partial charge in [0.15, 0.2) is 0 Å². The van der Waals surface area contributed by atoms with Crippen LogP contribution in [-0.2, 0) is 11.2 Å². The highest BCUT2D eigenvalue weighted by Crippen LogP contribution is 2.19. The lowest BCUT2D eigenvalue weighted by Gasteiger charge is -2.07. The zero-order valence-electron chi connectivity index (χ0n) is 15.0. The van der Waals surface area contributed by atoms with Crippen molar-refractivity contribution in [1.29, 1.82) is 0 Å². The van der Waals surface area contributed by atoms with Crippen LogP contribution in [0.3, 0.4) is 0 Å². The van der Waals surface area contributed by atoms with E-state index in [-0.39, 0.29) is 11.1 Å². The molecule has 0 radical (unpaired) electrons. The minimum atomic E-state index is -0.753. The zero-order chi connectivity index (χ0) is 20.1. The van der Waals surface area contributed by atoms with Crippen LogP contribution in [0.2, 0.25) is 0 Å². The molecule has 142 valence electrons. The van der Waals surface area contributed by atoms with Gasteiger partial charge in [-0.3, -0.25) is 9.59 Å². The number of benzene rings is 2. The average Bonchev–Trinajstić information content (AvgIpc) is 2.67. The molecule has 0 aliphatic carbocycles. The van der Waals surface area contributed by atoms with E-state index >= 15 is 0 Å². The molecule has 7 heteroatoms. The molecule has 28 heavy (non-hydrogen) atoms. The second kappa shape index (κ2) is 8.39. The molecule has 1 aromatic heterocycles. The summed E-state index contributed by atoms with van der Waals surface area (Å²) in [6, 6.07) is 11.7. The molecule has 5 nitrogen and oxygen atoms in total. The van der Waals surface area contributed by atoms with E-state index in [1.165, 1.54) is 12.1 Å². The molecule has 0 bridgehead atoms. The number of halogens is 2. The fourth-order valence-corrected chi connectivity index (χ4v) is 2.58. The van der Waals surface area contributed by atoms with E-state index in [2.05, 4.69) is 15.3 Å². The summed E-state index contributed by atoms with van der Waals surface area (Å²) in [5, 5.41) is 2.61. The van der Waals surface area contributed by atoms with Crippen molar-refractivity contribution < 1.29 is 13.6 Å². The standard InChI is InChI=1S/C21H17F2N3O2/c1-2-14-12-20(28)26-21(25-14)13-5-3-6-15(11-13)24-19(27)10-9-16-17(22)7-4-8-18(16)23/h3-12H,2H2,1H3,(H,24,27)(H,25,26,28). The summed E-state index contributed by atoms with van der Waals surface area (Å²) >= 11 is 0. The number of H-pyrrole nitrogens is 1. The summed E-state index contributed by atoms with van der Waals surface area (Å²) in [7, 11) is 0. The number of rotatable bonds is 5. The highest BCUT2D eigenvalue weighted by molar-refractivity contribution is 6.02. The molecule has 0 atom stereocenters. The Kier molecular flexibility index (Phi) is 5.74. The topological polar surface area (TPSA) is 74.8 Å². The lowest BCUT2D eigenvalue weighted by molar-refractivity contribution is -0.111. The number of aryl methyl sites for hydroxylation is 1. The molecular formula is C21H17F2N3O2. The van der Waals surface area contributed by atoms with Crippen LogP contribution in [0.5, 0.6) is 0 Å². The van der Waals surface area contributed by atoms with Crippen LogP contribution in [0.25, 0.3) is 17.5 Å². The Morgan fingerprint density at radius 1 is 1.14 bits per heavy atom. The van der Waals surface area contributed by atoms with E-state index < -0.39 is 17.5 Å². The Bertz CT molecular complexity index is 1090. The lowest BCUT2D eigenvalue weighted by Crippen LogP contribution is -2.11. The smallest absolute Gasteiger partial charge is 0.251 e. The second-order valence-corrected chi connectivity index (χ2v) is 5.98. The molecule has 1 amide bonds. The molecular weight excluding hydrogens is 364 g/mol. The van der Waals surface area contributed by atoms with Crippen LogP contribution in [0.4, 0.5) is 14.5 Å². The van der Waals surface area contributed by atoms with E-state index in [1.54, 1.807) is 24.3 Å². The lowest BCUT2D eigenvalue weighted by atomic mass is 10.1. The molecule has 0 saturated heterocycles. The van der Waals surface area contributed by atoms with Gasteiger partial charge in [-0.2, -0.15) is 0 Å². The number of hydrogen-bond donors (Lipinski definition) is 2. The van der Waals surface area contributed by atoms with Crippen molar-refractivity contribution in [2.45, 2.75) is 13.3 Å². The van der Waals surface area contributed by atoms with Gasteiger partial charge in [0.25, 0.3) is 5.56 Å². The normalized spacial score (nSPS) is 11.0. The third-order valence-corrected chi connectivity index (χ3v) is 3.96. The quantitative estimate of drug-likeness (QED) is 0.658. The van der Waals surface area contributed by atoms with Crippen LogP contribution >= 0.6 is 0 Å². The number of nitrogens with one attached hydrogen (secondary N) is 2. The van der Waals surface area contributed by atoms with Crippen LogP contribution in [0.15, 0.2) is 59.4 Å². The first-order chi connectivity index (χ1) is 13.5. The maximum absolute atomic E-state index is 13.6. The third kappa shape index (κ3) is 4.56. The van der Waals surface area contributed by atoms with E-state index in [9.17, 15) is 18.4 Å². The second-order valence-electron chi connectivity index (χ2n) is 5.98. The zero-order valence-corrected chi connectivity index (χ0v) is 15.0. The van der Waals surface area contributed by atoms with Gasteiger partial charge in [-0.1, -0.05) is 25.1 Å². The summed E-state index contributed by atoms with van der Waals surface area (Å²) in [6.45, 7) is 1.90. The highest BCUT2D eigenvalue weighted by Gasteiger charge is 2.07. The van der Waals surface area contributed by atoms with Crippen molar-refractivity contribution in [1.82, 2.24) is 9.97 Å². The van der Waals surface area contributed by atoms with Gasteiger partial charge in [0, 0.05) is 34.7 Å². The molecule has 0 fully saturated rings. The predicted molar refractivity (Wildman–Crippen MR) is 104 cm³/mol. The van der Waals surface area contributed by atoms with Crippen molar-refractivity contribution in [3.63, 3.8) is 0 Å². The maximum atomic E-state index is 13.6. The van der Waals surface area contributed by atoms with E-state index in [0.717, 1.165) is 24.3 Å². The predicted octanol–water partition coefficient (Wildman–Crippen LogP) is 3.93. The minimum absolute atomic E-state index is 0.258. The van der Waals surface area contributed by atoms with Gasteiger partial charge >= 0.3 is 0 Å². The van der Waals surface area contributed by atoms with Crippen LogP contribution in [0, 0.1) is 11.6 Å². The molecule has 0 unspecified atom stereocenters. The number of nitrogens with zero attached hydrogens (tertiary/aromatic N) is 1. The molecule has 0 saturated carbocycles. The van der Waals surface area contributed by atoms with Crippen molar-refractivity contribution in [3.8, 4) is 11.4 Å². The molecule has 2 aromatic carbocycles. The number of aromatic nitrogens is 2. The molecule has 0 aliphatic heterocycles. The molecule has 1 heterocycles. The molecule has 3 aromatic rings. The van der Waals surface area contributed by atoms with Crippen LogP contribution < -0.4 is 10.9 Å². The Balaban J connectivity index is 1.79. The maximum Gasteiger partial charge on any atom is 0.251 e. The Morgan fingerprint density at radius 2 is 1.86 bits per heavy atom. The summed E-state index contributed by atoms with van der Waals surface area (Å²) in [5.41, 5.74) is 1.18. The number of amides is 1. The first-order valence-corrected chi connectivity index (χ1v) is 8.60. The van der Waals surface area contributed by atoms with Crippen molar-refractivity contribution in [2.75, 3.05) is 5.32 Å². The average molecular weight is 381 g/mol. The van der Waals surface area contributed by atoms with Crippen LogP contribution in [0.1, 0.15) is 18.2 Å². The Hall–Kier alpha value is -3.61. The summed E-state index contributed by atoms with van der Waals surface area (Å²) < 4.78 is 27.2. The largest absolute Gasteiger partial charge is 0.322 e. The van der Waals surface area contributed by atoms with E-state index in [4.69, 9.17) is 0 Å². The first kappa shape index (κ1) is 19.2. The van der Waals surface area contributed by atoms with Crippen LogP contribution in [-0.4, -0.2) is 15.9 Å². The Morgan fingerprint density at radius 3 is 2.57 bits per heavy atom. The van der Waals surface area contributed by atoms with Crippen molar-refractivity contribution >= 4 is 17.7 Å². The first-order valence-electron chi connectivity index (χ1n) is 8.60. The molecule has 0 spiro atoms. The van der Waals surface area contributed by atoms with Gasteiger partial charge in [0.2, 0.25) is 5.91 Å². The summed E-state index contributed by atoms with van der Waals surface area (Å²) in [5.74, 6) is -1.67. The van der Waals surface area contributed by atoms with Gasteiger partial charge in [0.1, 0.15) is 17.5 Å². The van der Waals surface area contributed by atoms with Gasteiger partial charge in [-0.15, -0.1) is 0 Å². The Labute approximate surface area is 159 Å².